The molecule has 0 amide bonds. The number of fused-ring (bicyclic) bond motifs is 3. The van der Waals surface area contributed by atoms with Crippen molar-refractivity contribution in [2.24, 2.45) is 0 Å². The standard InChI is InChI=1S/C21H25.C11H6Cl3.2ClH.Hf/c1-20(2,3)16-7-9-18-14(12-16)11-15-13-17(21(4,5)6)8-10-19(15)18;12-9-6-5-8(10(13)11(9)14)7-3-1-2-4-7;;;/h7-13H,1-6H3;1-6H;2*1H;/q2*-1;;;+4/p-2. The van der Waals surface area contributed by atoms with Crippen molar-refractivity contribution < 1.29 is 50.7 Å². The summed E-state index contributed by atoms with van der Waals surface area (Å²) in [5.74, 6) is 0. The molecule has 0 aliphatic rings. The van der Waals surface area contributed by atoms with Gasteiger partial charge in [-0.3, -0.25) is 0 Å². The third-order valence-corrected chi connectivity index (χ3v) is 7.74. The van der Waals surface area contributed by atoms with Gasteiger partial charge in [-0.05, 0) is 10.8 Å². The molecule has 0 nitrogen and oxygen atoms in total. The van der Waals surface area contributed by atoms with Crippen LogP contribution < -0.4 is 24.8 Å². The minimum absolute atomic E-state index is 0. The smallest absolute Gasteiger partial charge is 1.00 e. The van der Waals surface area contributed by atoms with E-state index in [1.54, 1.807) is 6.07 Å². The first-order chi connectivity index (χ1) is 16.4. The Morgan fingerprint density at radius 1 is 0.632 bits per heavy atom. The van der Waals surface area contributed by atoms with Crippen molar-refractivity contribution in [1.82, 2.24) is 0 Å². The Bertz CT molecular complexity index is 1410. The van der Waals surface area contributed by atoms with Crippen LogP contribution in [0.5, 0.6) is 0 Å². The Hall–Kier alpha value is -0.800. The fourth-order valence-corrected chi connectivity index (χ4v) is 4.90. The predicted molar refractivity (Wildman–Crippen MR) is 157 cm³/mol. The molecule has 0 N–H and O–H groups in total. The SMILES string of the molecule is CC(C)(C)c1ccc2c(c1)[cH-]c1cc(C(C)(C)C)ccc12.Clc1ccc(-c2ccc[cH-]2)c(Cl)c1Cl.[Cl-].[Cl-].[Hf+4]. The first-order valence-electron chi connectivity index (χ1n) is 11.9. The van der Waals surface area contributed by atoms with E-state index in [2.05, 4.69) is 84.0 Å². The maximum atomic E-state index is 6.07. The van der Waals surface area contributed by atoms with E-state index in [9.17, 15) is 0 Å². The molecule has 5 aromatic rings. The van der Waals surface area contributed by atoms with E-state index in [1.807, 2.05) is 30.3 Å². The molecule has 0 saturated heterocycles. The molecule has 198 valence electrons. The molecule has 5 aromatic carbocycles. The quantitative estimate of drug-likeness (QED) is 0.123. The van der Waals surface area contributed by atoms with E-state index in [1.165, 1.54) is 32.7 Å². The zero-order valence-electron chi connectivity index (χ0n) is 22.4. The van der Waals surface area contributed by atoms with Crippen LogP contribution in [0.15, 0.2) is 78.9 Å². The molecule has 0 bridgehead atoms. The summed E-state index contributed by atoms with van der Waals surface area (Å²) in [6, 6.07) is 27.7. The average molecular weight is 771 g/mol. The Morgan fingerprint density at radius 3 is 1.55 bits per heavy atom. The van der Waals surface area contributed by atoms with Gasteiger partial charge in [0.15, 0.2) is 0 Å². The first-order valence-corrected chi connectivity index (χ1v) is 13.0. The predicted octanol–water partition coefficient (Wildman–Crippen LogP) is 5.35. The summed E-state index contributed by atoms with van der Waals surface area (Å²) in [6.45, 7) is 13.6. The van der Waals surface area contributed by atoms with Gasteiger partial charge in [0.2, 0.25) is 0 Å². The molecule has 0 spiro atoms. The summed E-state index contributed by atoms with van der Waals surface area (Å²) in [5.41, 5.74) is 5.17. The second-order valence-corrected chi connectivity index (χ2v) is 12.3. The largest absolute Gasteiger partial charge is 4.00 e. The number of rotatable bonds is 1. The zero-order chi connectivity index (χ0) is 25.5. The Morgan fingerprint density at radius 2 is 1.13 bits per heavy atom. The maximum absolute atomic E-state index is 6.07. The molecule has 6 heteroatoms. The van der Waals surface area contributed by atoms with Crippen molar-refractivity contribution in [3.8, 4) is 11.1 Å². The molecule has 0 atom stereocenters. The van der Waals surface area contributed by atoms with Gasteiger partial charge in [-0.2, -0.15) is 18.2 Å². The van der Waals surface area contributed by atoms with Crippen LogP contribution in [0.25, 0.3) is 32.7 Å². The third-order valence-electron chi connectivity index (χ3n) is 6.45. The first kappa shape index (κ1) is 35.2. The van der Waals surface area contributed by atoms with Gasteiger partial charge in [0, 0.05) is 5.02 Å². The molecule has 0 fully saturated rings. The molecule has 0 aromatic heterocycles. The van der Waals surface area contributed by atoms with Crippen molar-refractivity contribution in [1.29, 1.82) is 0 Å². The van der Waals surface area contributed by atoms with Crippen molar-refractivity contribution >= 4 is 56.3 Å². The molecule has 0 radical (unpaired) electrons. The van der Waals surface area contributed by atoms with Crippen LogP contribution in [0.3, 0.4) is 0 Å². The van der Waals surface area contributed by atoms with E-state index in [0.29, 0.717) is 15.1 Å². The van der Waals surface area contributed by atoms with Gasteiger partial charge in [-0.1, -0.05) is 129 Å². The monoisotopic (exact) mass is 770 g/mol. The van der Waals surface area contributed by atoms with E-state index >= 15 is 0 Å². The summed E-state index contributed by atoms with van der Waals surface area (Å²) < 4.78 is 0. The second kappa shape index (κ2) is 13.7. The van der Waals surface area contributed by atoms with E-state index in [0.717, 1.165) is 11.1 Å². The summed E-state index contributed by atoms with van der Waals surface area (Å²) >= 11 is 17.8. The Labute approximate surface area is 273 Å². The fourth-order valence-electron chi connectivity index (χ4n) is 4.26. The van der Waals surface area contributed by atoms with Gasteiger partial charge in [0.1, 0.15) is 0 Å². The van der Waals surface area contributed by atoms with Gasteiger partial charge in [-0.25, -0.2) is 0 Å². The molecule has 0 saturated carbocycles. The Balaban J connectivity index is 0.000000376. The van der Waals surface area contributed by atoms with Crippen LogP contribution >= 0.6 is 34.8 Å². The van der Waals surface area contributed by atoms with Crippen molar-refractivity contribution in [2.45, 2.75) is 52.4 Å². The number of hydrogen-bond acceptors (Lipinski definition) is 0. The van der Waals surface area contributed by atoms with Crippen LogP contribution in [0.2, 0.25) is 15.1 Å². The molecule has 0 heterocycles. The van der Waals surface area contributed by atoms with Gasteiger partial charge in [-0.15, -0.1) is 51.4 Å². The minimum Gasteiger partial charge on any atom is -1.00 e. The second-order valence-electron chi connectivity index (χ2n) is 11.1. The van der Waals surface area contributed by atoms with Crippen molar-refractivity contribution in [3.63, 3.8) is 0 Å². The molecule has 0 aliphatic carbocycles. The summed E-state index contributed by atoms with van der Waals surface area (Å²) in [7, 11) is 0. The fraction of sp³-hybridized carbons (Fsp3) is 0.250. The minimum atomic E-state index is 0. The van der Waals surface area contributed by atoms with Crippen LogP contribution in [0.4, 0.5) is 0 Å². The molecule has 0 unspecified atom stereocenters. The van der Waals surface area contributed by atoms with Crippen molar-refractivity contribution in [3.05, 3.63) is 105 Å². The number of hydrogen-bond donors (Lipinski definition) is 0. The Kier molecular flexibility index (Phi) is 12.7. The van der Waals surface area contributed by atoms with Crippen LogP contribution in [-0.2, 0) is 36.7 Å². The maximum Gasteiger partial charge on any atom is 4.00 e. The van der Waals surface area contributed by atoms with E-state index < -0.39 is 0 Å². The molecule has 0 aliphatic heterocycles. The summed E-state index contributed by atoms with van der Waals surface area (Å²) in [5, 5.41) is 6.87. The molecular weight excluding hydrogens is 740 g/mol. The third kappa shape index (κ3) is 7.68. The number of benzene rings is 3. The van der Waals surface area contributed by atoms with Gasteiger partial charge >= 0.3 is 25.8 Å². The molecular formula is C32H31Cl5Hf. The van der Waals surface area contributed by atoms with Crippen LogP contribution in [0, 0.1) is 0 Å². The molecule has 38 heavy (non-hydrogen) atoms. The normalized spacial score (nSPS) is 11.2. The zero-order valence-corrected chi connectivity index (χ0v) is 29.8. The average Bonchev–Trinajstić information content (AvgIpc) is 3.44. The van der Waals surface area contributed by atoms with Crippen LogP contribution in [-0.4, -0.2) is 0 Å². The topological polar surface area (TPSA) is 0 Å². The van der Waals surface area contributed by atoms with Gasteiger partial charge in [0.05, 0.1) is 10.0 Å². The molecule has 5 rings (SSSR count). The summed E-state index contributed by atoms with van der Waals surface area (Å²) in [4.78, 5) is 0. The van der Waals surface area contributed by atoms with E-state index in [4.69, 9.17) is 34.8 Å². The number of halogens is 5. The van der Waals surface area contributed by atoms with Gasteiger partial charge < -0.3 is 24.8 Å². The van der Waals surface area contributed by atoms with E-state index in [-0.39, 0.29) is 61.5 Å². The van der Waals surface area contributed by atoms with Gasteiger partial charge in [0.25, 0.3) is 0 Å². The van der Waals surface area contributed by atoms with Crippen molar-refractivity contribution in [2.75, 3.05) is 0 Å². The van der Waals surface area contributed by atoms with Crippen LogP contribution in [0.1, 0.15) is 52.7 Å². The summed E-state index contributed by atoms with van der Waals surface area (Å²) in [6.07, 6.45) is 0.